The van der Waals surface area contributed by atoms with E-state index in [2.05, 4.69) is 10.3 Å². The molecule has 1 atom stereocenters. The lowest BCUT2D eigenvalue weighted by Crippen LogP contribution is -2.42. The van der Waals surface area contributed by atoms with Crippen LogP contribution in [0.3, 0.4) is 0 Å². The molecule has 1 aromatic rings. The Balaban J connectivity index is 2.57. The number of carbonyl (C=O) groups excluding carboxylic acids is 1. The number of carboxylic acids is 1. The zero-order chi connectivity index (χ0) is 15.2. The molecule has 8 heteroatoms. The highest BCUT2D eigenvalue weighted by atomic mass is 32.2. The summed E-state index contributed by atoms with van der Waals surface area (Å²) >= 11 is 0. The monoisotopic (exact) mass is 300 g/mol. The van der Waals surface area contributed by atoms with Crippen LogP contribution in [0.15, 0.2) is 24.5 Å². The number of carboxylic acid groups (broad SMARTS) is 1. The minimum absolute atomic E-state index is 0.00348. The normalized spacial score (nSPS) is 12.7. The highest BCUT2D eigenvalue weighted by Crippen LogP contribution is 2.00. The number of nitrogens with zero attached hydrogens (tertiary/aromatic N) is 1. The molecule has 1 heterocycles. The largest absolute Gasteiger partial charge is 0.480 e. The van der Waals surface area contributed by atoms with Crippen LogP contribution >= 0.6 is 0 Å². The molecular weight excluding hydrogens is 284 g/mol. The van der Waals surface area contributed by atoms with Crippen molar-refractivity contribution in [2.45, 2.75) is 18.9 Å². The number of pyridine rings is 1. The summed E-state index contributed by atoms with van der Waals surface area (Å²) in [6, 6.07) is 2.15. The Bertz CT molecular complexity index is 571. The maximum absolute atomic E-state index is 11.7. The maximum atomic E-state index is 11.7. The van der Waals surface area contributed by atoms with Crippen LogP contribution in [-0.2, 0) is 25.8 Å². The topological polar surface area (TPSA) is 113 Å². The Kier molecular flexibility index (Phi) is 5.63. The zero-order valence-electron chi connectivity index (χ0n) is 10.9. The summed E-state index contributed by atoms with van der Waals surface area (Å²) in [5, 5.41) is 11.3. The van der Waals surface area contributed by atoms with Crippen molar-refractivity contribution >= 4 is 21.7 Å². The van der Waals surface area contributed by atoms with Crippen LogP contribution in [0.25, 0.3) is 0 Å². The fourth-order valence-electron chi connectivity index (χ4n) is 1.52. The SMILES string of the molecule is CS(=O)(=O)CCC(NC(=O)Cc1cccnc1)C(=O)O. The van der Waals surface area contributed by atoms with E-state index in [-0.39, 0.29) is 18.6 Å². The lowest BCUT2D eigenvalue weighted by molar-refractivity contribution is -0.141. The van der Waals surface area contributed by atoms with Gasteiger partial charge in [0.2, 0.25) is 5.91 Å². The van der Waals surface area contributed by atoms with Gasteiger partial charge in [0.25, 0.3) is 0 Å². The highest BCUT2D eigenvalue weighted by molar-refractivity contribution is 7.90. The first-order valence-corrected chi connectivity index (χ1v) is 7.93. The number of nitrogens with one attached hydrogen (secondary N) is 1. The van der Waals surface area contributed by atoms with E-state index in [4.69, 9.17) is 5.11 Å². The maximum Gasteiger partial charge on any atom is 0.326 e. The number of hydrogen-bond acceptors (Lipinski definition) is 5. The van der Waals surface area contributed by atoms with Gasteiger partial charge in [-0.25, -0.2) is 13.2 Å². The molecule has 0 aliphatic rings. The average Bonchev–Trinajstić information content (AvgIpc) is 2.34. The third-order valence-electron chi connectivity index (χ3n) is 2.50. The van der Waals surface area contributed by atoms with E-state index in [9.17, 15) is 18.0 Å². The molecule has 0 saturated carbocycles. The Morgan fingerprint density at radius 3 is 2.65 bits per heavy atom. The fraction of sp³-hybridized carbons (Fsp3) is 0.417. The summed E-state index contributed by atoms with van der Waals surface area (Å²) < 4.78 is 22.0. The van der Waals surface area contributed by atoms with Crippen LogP contribution in [0.4, 0.5) is 0 Å². The van der Waals surface area contributed by atoms with Crippen molar-refractivity contribution in [3.05, 3.63) is 30.1 Å². The Labute approximate surface area is 116 Å². The Morgan fingerprint density at radius 1 is 1.45 bits per heavy atom. The van der Waals surface area contributed by atoms with Gasteiger partial charge < -0.3 is 10.4 Å². The predicted octanol–water partition coefficient (Wildman–Crippen LogP) is -0.372. The molecule has 0 bridgehead atoms. The quantitative estimate of drug-likeness (QED) is 0.710. The molecule has 1 aromatic heterocycles. The Morgan fingerprint density at radius 2 is 2.15 bits per heavy atom. The number of carbonyl (C=O) groups is 2. The summed E-state index contributed by atoms with van der Waals surface area (Å²) in [5.74, 6) is -2.04. The molecule has 7 nitrogen and oxygen atoms in total. The van der Waals surface area contributed by atoms with E-state index in [1.807, 2.05) is 0 Å². The van der Waals surface area contributed by atoms with Crippen LogP contribution in [-0.4, -0.2) is 48.4 Å². The summed E-state index contributed by atoms with van der Waals surface area (Å²) in [6.45, 7) is 0. The van der Waals surface area contributed by atoms with Crippen LogP contribution in [0.1, 0.15) is 12.0 Å². The minimum Gasteiger partial charge on any atom is -0.480 e. The number of sulfone groups is 1. The van der Waals surface area contributed by atoms with Gasteiger partial charge in [-0.05, 0) is 18.1 Å². The molecule has 0 saturated heterocycles. The molecule has 1 unspecified atom stereocenters. The molecule has 2 N–H and O–H groups in total. The minimum atomic E-state index is -3.27. The molecule has 1 rings (SSSR count). The second-order valence-electron chi connectivity index (χ2n) is 4.41. The third-order valence-corrected chi connectivity index (χ3v) is 3.48. The van der Waals surface area contributed by atoms with Gasteiger partial charge in [0, 0.05) is 18.6 Å². The van der Waals surface area contributed by atoms with Crippen molar-refractivity contribution in [3.63, 3.8) is 0 Å². The second-order valence-corrected chi connectivity index (χ2v) is 6.67. The molecule has 20 heavy (non-hydrogen) atoms. The van der Waals surface area contributed by atoms with Crippen molar-refractivity contribution in [2.24, 2.45) is 0 Å². The van der Waals surface area contributed by atoms with Crippen molar-refractivity contribution in [1.29, 1.82) is 0 Å². The molecule has 0 spiro atoms. The van der Waals surface area contributed by atoms with Gasteiger partial charge in [-0.3, -0.25) is 9.78 Å². The van der Waals surface area contributed by atoms with E-state index < -0.39 is 27.8 Å². The molecule has 110 valence electrons. The van der Waals surface area contributed by atoms with Gasteiger partial charge in [-0.15, -0.1) is 0 Å². The molecule has 0 aromatic carbocycles. The number of aromatic nitrogens is 1. The van der Waals surface area contributed by atoms with Gasteiger partial charge in [-0.2, -0.15) is 0 Å². The lowest BCUT2D eigenvalue weighted by Gasteiger charge is -2.13. The van der Waals surface area contributed by atoms with Crippen molar-refractivity contribution in [3.8, 4) is 0 Å². The van der Waals surface area contributed by atoms with Gasteiger partial charge in [-0.1, -0.05) is 6.07 Å². The van der Waals surface area contributed by atoms with Crippen LogP contribution in [0.2, 0.25) is 0 Å². The highest BCUT2D eigenvalue weighted by Gasteiger charge is 2.21. The first kappa shape index (κ1) is 16.1. The number of hydrogen-bond donors (Lipinski definition) is 2. The van der Waals surface area contributed by atoms with Crippen molar-refractivity contribution < 1.29 is 23.1 Å². The lowest BCUT2D eigenvalue weighted by atomic mass is 10.1. The summed E-state index contributed by atoms with van der Waals surface area (Å²) in [7, 11) is -3.27. The average molecular weight is 300 g/mol. The van der Waals surface area contributed by atoms with Crippen molar-refractivity contribution in [2.75, 3.05) is 12.0 Å². The smallest absolute Gasteiger partial charge is 0.326 e. The van der Waals surface area contributed by atoms with E-state index in [1.54, 1.807) is 18.3 Å². The first-order valence-electron chi connectivity index (χ1n) is 5.87. The summed E-state index contributed by atoms with van der Waals surface area (Å²) in [6.07, 6.45) is 3.92. The molecular formula is C12H16N2O5S. The standard InChI is InChI=1S/C12H16N2O5S/c1-20(18,19)6-4-10(12(16)17)14-11(15)7-9-3-2-5-13-8-9/h2-3,5,8,10H,4,6-7H2,1H3,(H,14,15)(H,16,17). The van der Waals surface area contributed by atoms with E-state index in [1.165, 1.54) is 6.20 Å². The third kappa shape index (κ3) is 6.28. The number of aliphatic carboxylic acids is 1. The van der Waals surface area contributed by atoms with E-state index >= 15 is 0 Å². The van der Waals surface area contributed by atoms with Crippen molar-refractivity contribution in [1.82, 2.24) is 10.3 Å². The van der Waals surface area contributed by atoms with Gasteiger partial charge in [0.15, 0.2) is 0 Å². The van der Waals surface area contributed by atoms with Crippen LogP contribution in [0.5, 0.6) is 0 Å². The van der Waals surface area contributed by atoms with Crippen LogP contribution < -0.4 is 5.32 Å². The fourth-order valence-corrected chi connectivity index (χ4v) is 2.19. The van der Waals surface area contributed by atoms with Gasteiger partial charge in [0.1, 0.15) is 15.9 Å². The number of amides is 1. The molecule has 0 aliphatic carbocycles. The molecule has 0 radical (unpaired) electrons. The van der Waals surface area contributed by atoms with Crippen LogP contribution in [0, 0.1) is 0 Å². The Hall–Kier alpha value is -1.96. The summed E-state index contributed by atoms with van der Waals surface area (Å²) in [5.41, 5.74) is 0.650. The van der Waals surface area contributed by atoms with Gasteiger partial charge >= 0.3 is 5.97 Å². The zero-order valence-corrected chi connectivity index (χ0v) is 11.8. The predicted molar refractivity (Wildman–Crippen MR) is 71.8 cm³/mol. The molecule has 0 fully saturated rings. The van der Waals surface area contributed by atoms with E-state index in [0.29, 0.717) is 5.56 Å². The number of rotatable bonds is 7. The molecule has 1 amide bonds. The van der Waals surface area contributed by atoms with Gasteiger partial charge in [0.05, 0.1) is 12.2 Å². The second kappa shape index (κ2) is 6.99. The summed E-state index contributed by atoms with van der Waals surface area (Å²) in [4.78, 5) is 26.5. The van der Waals surface area contributed by atoms with E-state index in [0.717, 1.165) is 6.26 Å². The first-order chi connectivity index (χ1) is 9.28. The molecule has 0 aliphatic heterocycles.